The second-order valence-electron chi connectivity index (χ2n) is 3.54. The number of carboxylic acids is 1. The number of carbonyl (C=O) groups is 1. The summed E-state index contributed by atoms with van der Waals surface area (Å²) in [4.78, 5) is 10.7. The average Bonchev–Trinajstić information content (AvgIpc) is 2.84. The van der Waals surface area contributed by atoms with Crippen molar-refractivity contribution in [1.29, 1.82) is 0 Å². The third-order valence-corrected chi connectivity index (χ3v) is 2.40. The number of aromatic carboxylic acids is 1. The second-order valence-corrected chi connectivity index (χ2v) is 3.54. The van der Waals surface area contributed by atoms with Crippen LogP contribution in [0.15, 0.2) is 12.1 Å². The van der Waals surface area contributed by atoms with Gasteiger partial charge in [0.15, 0.2) is 17.4 Å². The van der Waals surface area contributed by atoms with Gasteiger partial charge in [-0.25, -0.2) is 13.6 Å². The van der Waals surface area contributed by atoms with E-state index in [9.17, 15) is 18.0 Å². The van der Waals surface area contributed by atoms with Gasteiger partial charge >= 0.3 is 5.97 Å². The fraction of sp³-hybridized carbons (Fsp3) is 0.0909. The van der Waals surface area contributed by atoms with E-state index in [1.165, 1.54) is 0 Å². The minimum atomic E-state index is -1.46. The number of hydrogen-bond acceptors (Lipinski definition) is 3. The van der Waals surface area contributed by atoms with Crippen LogP contribution in [0.2, 0.25) is 0 Å². The molecule has 2 aromatic rings. The van der Waals surface area contributed by atoms with Crippen LogP contribution in [0.3, 0.4) is 0 Å². The number of nitrogens with one attached hydrogen (secondary N) is 1. The first-order valence-electron chi connectivity index (χ1n) is 4.96. The standard InChI is InChI=1S/C11H7F3N2O3/c1-19-10-8(13)4(2-5(12)9(10)14)6-3-7(11(17)18)16-15-6/h2-3H,1H3,(H,15,16)(H,17,18). The molecule has 0 spiro atoms. The third kappa shape index (κ3) is 2.12. The van der Waals surface area contributed by atoms with Gasteiger partial charge in [0.05, 0.1) is 12.8 Å². The van der Waals surface area contributed by atoms with Crippen molar-refractivity contribution in [2.75, 3.05) is 7.11 Å². The molecule has 19 heavy (non-hydrogen) atoms. The lowest BCUT2D eigenvalue weighted by molar-refractivity contribution is 0.0690. The topological polar surface area (TPSA) is 75.2 Å². The highest BCUT2D eigenvalue weighted by molar-refractivity contribution is 5.86. The molecule has 8 heteroatoms. The Labute approximate surface area is 104 Å². The summed E-state index contributed by atoms with van der Waals surface area (Å²) in [5.74, 6) is -6.15. The minimum absolute atomic E-state index is 0.174. The van der Waals surface area contributed by atoms with Gasteiger partial charge in [0.1, 0.15) is 5.69 Å². The molecule has 2 rings (SSSR count). The third-order valence-electron chi connectivity index (χ3n) is 2.40. The van der Waals surface area contributed by atoms with Crippen LogP contribution >= 0.6 is 0 Å². The summed E-state index contributed by atoms with van der Waals surface area (Å²) in [6.07, 6.45) is 0. The maximum atomic E-state index is 13.9. The van der Waals surface area contributed by atoms with E-state index >= 15 is 0 Å². The van der Waals surface area contributed by atoms with Gasteiger partial charge in [-0.1, -0.05) is 0 Å². The number of nitrogens with zero attached hydrogens (tertiary/aromatic N) is 1. The number of rotatable bonds is 3. The minimum Gasteiger partial charge on any atom is -0.491 e. The van der Waals surface area contributed by atoms with Crippen molar-refractivity contribution in [3.05, 3.63) is 35.3 Å². The van der Waals surface area contributed by atoms with E-state index in [1.807, 2.05) is 0 Å². The quantitative estimate of drug-likeness (QED) is 0.840. The van der Waals surface area contributed by atoms with Crippen LogP contribution in [0.1, 0.15) is 10.5 Å². The SMILES string of the molecule is COc1c(F)c(F)cc(-c2cc(C(=O)O)[nH]n2)c1F. The summed E-state index contributed by atoms with van der Waals surface area (Å²) in [6, 6.07) is 1.58. The Morgan fingerprint density at radius 2 is 2.00 bits per heavy atom. The molecule has 0 aliphatic carbocycles. The monoisotopic (exact) mass is 272 g/mol. The van der Waals surface area contributed by atoms with Crippen molar-refractivity contribution < 1.29 is 27.8 Å². The van der Waals surface area contributed by atoms with E-state index in [4.69, 9.17) is 5.11 Å². The van der Waals surface area contributed by atoms with Gasteiger partial charge in [-0.2, -0.15) is 9.49 Å². The lowest BCUT2D eigenvalue weighted by Gasteiger charge is -2.07. The normalized spacial score (nSPS) is 10.5. The molecule has 0 aliphatic rings. The summed E-state index contributed by atoms with van der Waals surface area (Å²) < 4.78 is 44.8. The van der Waals surface area contributed by atoms with Crippen molar-refractivity contribution in [1.82, 2.24) is 10.2 Å². The lowest BCUT2D eigenvalue weighted by Crippen LogP contribution is -1.99. The highest BCUT2D eigenvalue weighted by atomic mass is 19.2. The highest BCUT2D eigenvalue weighted by Crippen LogP contribution is 2.32. The molecule has 0 radical (unpaired) electrons. The van der Waals surface area contributed by atoms with Gasteiger partial charge in [-0.05, 0) is 12.1 Å². The summed E-state index contributed by atoms with van der Waals surface area (Å²) in [7, 11) is 0.984. The second kappa shape index (κ2) is 4.63. The van der Waals surface area contributed by atoms with Gasteiger partial charge in [0.2, 0.25) is 5.82 Å². The molecule has 0 atom stereocenters. The lowest BCUT2D eigenvalue weighted by atomic mass is 10.1. The summed E-state index contributed by atoms with van der Waals surface area (Å²) in [5.41, 5.74) is -0.885. The summed E-state index contributed by atoms with van der Waals surface area (Å²) in [5, 5.41) is 14.3. The van der Waals surface area contributed by atoms with E-state index in [-0.39, 0.29) is 11.4 Å². The van der Waals surface area contributed by atoms with E-state index in [2.05, 4.69) is 14.9 Å². The zero-order valence-electron chi connectivity index (χ0n) is 9.50. The molecular formula is C11H7F3N2O3. The van der Waals surface area contributed by atoms with Gasteiger partial charge in [0, 0.05) is 5.56 Å². The van der Waals surface area contributed by atoms with Crippen molar-refractivity contribution >= 4 is 5.97 Å². The molecule has 0 aliphatic heterocycles. The molecule has 100 valence electrons. The fourth-order valence-electron chi connectivity index (χ4n) is 1.52. The number of ether oxygens (including phenoxy) is 1. The van der Waals surface area contributed by atoms with Crippen LogP contribution < -0.4 is 4.74 Å². The van der Waals surface area contributed by atoms with E-state index in [0.29, 0.717) is 6.07 Å². The number of aromatic amines is 1. The summed E-state index contributed by atoms with van der Waals surface area (Å²) in [6.45, 7) is 0. The molecule has 0 unspecified atom stereocenters. The number of halogens is 3. The molecule has 0 saturated heterocycles. The Hall–Kier alpha value is -2.51. The van der Waals surface area contributed by atoms with Crippen molar-refractivity contribution in [2.45, 2.75) is 0 Å². The van der Waals surface area contributed by atoms with Crippen LogP contribution in [0, 0.1) is 17.5 Å². The zero-order chi connectivity index (χ0) is 14.2. The van der Waals surface area contributed by atoms with Crippen LogP contribution in [-0.4, -0.2) is 28.4 Å². The number of aromatic nitrogens is 2. The number of methoxy groups -OCH3 is 1. The van der Waals surface area contributed by atoms with Gasteiger partial charge in [-0.15, -0.1) is 0 Å². The Morgan fingerprint density at radius 3 is 2.53 bits per heavy atom. The molecule has 1 heterocycles. The smallest absolute Gasteiger partial charge is 0.353 e. The van der Waals surface area contributed by atoms with E-state index < -0.39 is 34.7 Å². The molecule has 0 saturated carbocycles. The molecule has 5 nitrogen and oxygen atoms in total. The van der Waals surface area contributed by atoms with E-state index in [1.54, 1.807) is 0 Å². The van der Waals surface area contributed by atoms with Gasteiger partial charge in [-0.3, -0.25) is 5.10 Å². The number of H-pyrrole nitrogens is 1. The molecule has 1 aromatic carbocycles. The van der Waals surface area contributed by atoms with Crippen molar-refractivity contribution in [3.63, 3.8) is 0 Å². The van der Waals surface area contributed by atoms with Crippen LogP contribution in [0.5, 0.6) is 5.75 Å². The number of hydrogen-bond donors (Lipinski definition) is 2. The zero-order valence-corrected chi connectivity index (χ0v) is 9.50. The first-order chi connectivity index (χ1) is 8.95. The molecular weight excluding hydrogens is 265 g/mol. The Morgan fingerprint density at radius 1 is 1.32 bits per heavy atom. The predicted molar refractivity (Wildman–Crippen MR) is 57.4 cm³/mol. The predicted octanol–water partition coefficient (Wildman–Crippen LogP) is 2.20. The Balaban J connectivity index is 2.61. The number of carboxylic acid groups (broad SMARTS) is 1. The first kappa shape index (κ1) is 12.9. The van der Waals surface area contributed by atoms with Crippen LogP contribution in [-0.2, 0) is 0 Å². The Bertz CT molecular complexity index is 655. The van der Waals surface area contributed by atoms with Gasteiger partial charge < -0.3 is 9.84 Å². The molecule has 0 bridgehead atoms. The first-order valence-corrected chi connectivity index (χ1v) is 4.96. The molecule has 1 aromatic heterocycles. The highest BCUT2D eigenvalue weighted by Gasteiger charge is 2.22. The van der Waals surface area contributed by atoms with Gasteiger partial charge in [0.25, 0.3) is 0 Å². The van der Waals surface area contributed by atoms with Crippen LogP contribution in [0.25, 0.3) is 11.3 Å². The Kier molecular flexibility index (Phi) is 3.16. The maximum absolute atomic E-state index is 13.9. The van der Waals surface area contributed by atoms with Crippen molar-refractivity contribution in [3.8, 4) is 17.0 Å². The fourth-order valence-corrected chi connectivity index (χ4v) is 1.52. The van der Waals surface area contributed by atoms with Crippen LogP contribution in [0.4, 0.5) is 13.2 Å². The summed E-state index contributed by atoms with van der Waals surface area (Å²) >= 11 is 0. The molecule has 2 N–H and O–H groups in total. The largest absolute Gasteiger partial charge is 0.491 e. The van der Waals surface area contributed by atoms with Crippen molar-refractivity contribution in [2.24, 2.45) is 0 Å². The molecule has 0 amide bonds. The number of benzene rings is 1. The maximum Gasteiger partial charge on any atom is 0.353 e. The van der Waals surface area contributed by atoms with E-state index in [0.717, 1.165) is 13.2 Å². The average molecular weight is 272 g/mol. The molecule has 0 fully saturated rings.